The minimum absolute atomic E-state index is 0.166. The molecular formula is C7H15NO2. The number of aliphatic hydroxyl groups is 1. The molecule has 0 bridgehead atoms. The lowest BCUT2D eigenvalue weighted by Crippen LogP contribution is -2.41. The van der Waals surface area contributed by atoms with E-state index in [9.17, 15) is 5.11 Å². The van der Waals surface area contributed by atoms with Gasteiger partial charge in [0, 0.05) is 19.6 Å². The largest absolute Gasteiger partial charge is 0.393 e. The number of piperidine rings is 1. The first-order chi connectivity index (χ1) is 4.84. The van der Waals surface area contributed by atoms with E-state index in [1.165, 1.54) is 0 Å². The highest BCUT2D eigenvalue weighted by Crippen LogP contribution is 2.10. The summed E-state index contributed by atoms with van der Waals surface area (Å²) < 4.78 is 4.95. The zero-order valence-corrected chi connectivity index (χ0v) is 6.34. The summed E-state index contributed by atoms with van der Waals surface area (Å²) in [5.74, 6) is 0.291. The number of aliphatic hydroxyl groups excluding tert-OH is 1. The number of nitrogens with one attached hydrogen (secondary N) is 1. The summed E-state index contributed by atoms with van der Waals surface area (Å²) in [6.07, 6.45) is 0.690. The average Bonchev–Trinajstić information content (AvgIpc) is 1.94. The number of methoxy groups -OCH3 is 1. The second kappa shape index (κ2) is 3.91. The van der Waals surface area contributed by atoms with Crippen LogP contribution in [0.3, 0.4) is 0 Å². The maximum Gasteiger partial charge on any atom is 0.0614 e. The van der Waals surface area contributed by atoms with E-state index >= 15 is 0 Å². The van der Waals surface area contributed by atoms with Crippen LogP contribution in [0.1, 0.15) is 6.42 Å². The Balaban J connectivity index is 2.25. The monoisotopic (exact) mass is 145 g/mol. The summed E-state index contributed by atoms with van der Waals surface area (Å²) >= 11 is 0. The first-order valence-electron chi connectivity index (χ1n) is 3.72. The Kier molecular flexibility index (Phi) is 3.12. The smallest absolute Gasteiger partial charge is 0.0614 e. The Morgan fingerprint density at radius 2 is 2.50 bits per heavy atom. The van der Waals surface area contributed by atoms with E-state index in [0.717, 1.165) is 19.5 Å². The first kappa shape index (κ1) is 7.98. The summed E-state index contributed by atoms with van der Waals surface area (Å²) in [4.78, 5) is 0. The van der Waals surface area contributed by atoms with Gasteiger partial charge in [0.2, 0.25) is 0 Å². The summed E-state index contributed by atoms with van der Waals surface area (Å²) in [7, 11) is 1.67. The molecule has 2 N–H and O–H groups in total. The molecular weight excluding hydrogens is 130 g/mol. The van der Waals surface area contributed by atoms with Crippen LogP contribution in [0, 0.1) is 5.92 Å². The van der Waals surface area contributed by atoms with Crippen molar-refractivity contribution >= 4 is 0 Å². The molecule has 0 aliphatic carbocycles. The molecule has 0 spiro atoms. The predicted molar refractivity (Wildman–Crippen MR) is 38.9 cm³/mol. The first-order valence-corrected chi connectivity index (χ1v) is 3.72. The van der Waals surface area contributed by atoms with E-state index in [2.05, 4.69) is 5.32 Å². The molecule has 0 radical (unpaired) electrons. The molecule has 0 aromatic carbocycles. The predicted octanol–water partition coefficient (Wildman–Crippen LogP) is -0.397. The topological polar surface area (TPSA) is 41.5 Å². The van der Waals surface area contributed by atoms with Crippen molar-refractivity contribution in [3.63, 3.8) is 0 Å². The summed E-state index contributed by atoms with van der Waals surface area (Å²) in [6.45, 7) is 2.48. The van der Waals surface area contributed by atoms with Crippen molar-refractivity contribution in [2.45, 2.75) is 12.5 Å². The van der Waals surface area contributed by atoms with E-state index in [4.69, 9.17) is 4.74 Å². The molecule has 1 rings (SSSR count). The molecule has 2 atom stereocenters. The molecule has 0 aromatic heterocycles. The molecule has 1 fully saturated rings. The Labute approximate surface area is 61.4 Å². The van der Waals surface area contributed by atoms with Crippen molar-refractivity contribution in [3.05, 3.63) is 0 Å². The van der Waals surface area contributed by atoms with Gasteiger partial charge in [0.15, 0.2) is 0 Å². The SMILES string of the molecule is COCC1CNCCC1O. The van der Waals surface area contributed by atoms with Crippen LogP contribution in [0.5, 0.6) is 0 Å². The molecule has 1 aliphatic heterocycles. The van der Waals surface area contributed by atoms with Crippen molar-refractivity contribution in [2.24, 2.45) is 5.92 Å². The molecule has 1 aliphatic rings. The zero-order chi connectivity index (χ0) is 7.40. The number of rotatable bonds is 2. The van der Waals surface area contributed by atoms with Gasteiger partial charge in [-0.25, -0.2) is 0 Å². The second-order valence-corrected chi connectivity index (χ2v) is 2.78. The van der Waals surface area contributed by atoms with E-state index < -0.39 is 0 Å². The van der Waals surface area contributed by atoms with Gasteiger partial charge in [-0.1, -0.05) is 0 Å². The third-order valence-corrected chi connectivity index (χ3v) is 1.95. The summed E-state index contributed by atoms with van der Waals surface area (Å²) in [6, 6.07) is 0. The Hall–Kier alpha value is -0.120. The van der Waals surface area contributed by atoms with Crippen molar-refractivity contribution in [2.75, 3.05) is 26.8 Å². The van der Waals surface area contributed by atoms with Crippen LogP contribution < -0.4 is 5.32 Å². The van der Waals surface area contributed by atoms with Crippen LogP contribution in [-0.2, 0) is 4.74 Å². The van der Waals surface area contributed by atoms with E-state index in [0.29, 0.717) is 12.5 Å². The quantitative estimate of drug-likeness (QED) is 0.555. The third-order valence-electron chi connectivity index (χ3n) is 1.95. The highest BCUT2D eigenvalue weighted by atomic mass is 16.5. The molecule has 0 amide bonds. The van der Waals surface area contributed by atoms with Crippen LogP contribution >= 0.6 is 0 Å². The third kappa shape index (κ3) is 1.94. The van der Waals surface area contributed by atoms with Crippen LogP contribution in [0.4, 0.5) is 0 Å². The molecule has 60 valence electrons. The van der Waals surface area contributed by atoms with Gasteiger partial charge in [0.05, 0.1) is 12.7 Å². The lowest BCUT2D eigenvalue weighted by Gasteiger charge is -2.27. The van der Waals surface area contributed by atoms with Crippen molar-refractivity contribution in [3.8, 4) is 0 Å². The molecule has 0 aromatic rings. The molecule has 2 unspecified atom stereocenters. The highest BCUT2D eigenvalue weighted by molar-refractivity contribution is 4.76. The Morgan fingerprint density at radius 3 is 3.10 bits per heavy atom. The summed E-state index contributed by atoms with van der Waals surface area (Å²) in [5, 5.41) is 12.6. The maximum atomic E-state index is 9.38. The van der Waals surface area contributed by atoms with Gasteiger partial charge in [-0.15, -0.1) is 0 Å². The second-order valence-electron chi connectivity index (χ2n) is 2.78. The molecule has 0 saturated carbocycles. The van der Waals surface area contributed by atoms with Gasteiger partial charge in [0.1, 0.15) is 0 Å². The van der Waals surface area contributed by atoms with Gasteiger partial charge in [-0.05, 0) is 13.0 Å². The van der Waals surface area contributed by atoms with Crippen molar-refractivity contribution in [1.82, 2.24) is 5.32 Å². The standard InChI is InChI=1S/C7H15NO2/c1-10-5-6-4-8-3-2-7(6)9/h6-9H,2-5H2,1H3. The molecule has 10 heavy (non-hydrogen) atoms. The van der Waals surface area contributed by atoms with Gasteiger partial charge in [-0.2, -0.15) is 0 Å². The highest BCUT2D eigenvalue weighted by Gasteiger charge is 2.21. The van der Waals surface area contributed by atoms with Gasteiger partial charge < -0.3 is 15.2 Å². The Morgan fingerprint density at radius 1 is 1.70 bits per heavy atom. The fraction of sp³-hybridized carbons (Fsp3) is 1.00. The van der Waals surface area contributed by atoms with Gasteiger partial charge in [-0.3, -0.25) is 0 Å². The zero-order valence-electron chi connectivity index (χ0n) is 6.34. The lowest BCUT2D eigenvalue weighted by atomic mass is 9.97. The van der Waals surface area contributed by atoms with E-state index in [-0.39, 0.29) is 6.10 Å². The van der Waals surface area contributed by atoms with Crippen molar-refractivity contribution in [1.29, 1.82) is 0 Å². The number of hydrogen-bond donors (Lipinski definition) is 2. The van der Waals surface area contributed by atoms with E-state index in [1.807, 2.05) is 0 Å². The van der Waals surface area contributed by atoms with E-state index in [1.54, 1.807) is 7.11 Å². The van der Waals surface area contributed by atoms with Gasteiger partial charge >= 0.3 is 0 Å². The Bertz CT molecular complexity index is 95.6. The normalized spacial score (nSPS) is 34.2. The minimum Gasteiger partial charge on any atom is -0.393 e. The fourth-order valence-electron chi connectivity index (χ4n) is 1.29. The molecule has 1 heterocycles. The lowest BCUT2D eigenvalue weighted by molar-refractivity contribution is 0.0289. The minimum atomic E-state index is -0.166. The average molecular weight is 145 g/mol. The summed E-state index contributed by atoms with van der Waals surface area (Å²) in [5.41, 5.74) is 0. The molecule has 1 saturated heterocycles. The van der Waals surface area contributed by atoms with Crippen molar-refractivity contribution < 1.29 is 9.84 Å². The van der Waals surface area contributed by atoms with Crippen LogP contribution in [0.25, 0.3) is 0 Å². The van der Waals surface area contributed by atoms with Gasteiger partial charge in [0.25, 0.3) is 0 Å². The van der Waals surface area contributed by atoms with Crippen LogP contribution in [0.2, 0.25) is 0 Å². The molecule has 3 heteroatoms. The fourth-order valence-corrected chi connectivity index (χ4v) is 1.29. The number of ether oxygens (including phenoxy) is 1. The molecule has 3 nitrogen and oxygen atoms in total. The number of hydrogen-bond acceptors (Lipinski definition) is 3. The van der Waals surface area contributed by atoms with Crippen LogP contribution in [-0.4, -0.2) is 38.0 Å². The van der Waals surface area contributed by atoms with Crippen LogP contribution in [0.15, 0.2) is 0 Å². The maximum absolute atomic E-state index is 9.38.